The van der Waals surface area contributed by atoms with Crippen LogP contribution >= 0.6 is 0 Å². The number of sulfonamides is 1. The normalized spacial score (nSPS) is 12.7. The summed E-state index contributed by atoms with van der Waals surface area (Å²) in [6, 6.07) is 5.69. The van der Waals surface area contributed by atoms with E-state index < -0.39 is 38.4 Å². The van der Waals surface area contributed by atoms with Gasteiger partial charge in [-0.05, 0) is 35.9 Å². The summed E-state index contributed by atoms with van der Waals surface area (Å²) in [6.45, 7) is 3.50. The maximum atomic E-state index is 12.8. The van der Waals surface area contributed by atoms with Crippen molar-refractivity contribution >= 4 is 21.8 Å². The molecule has 0 atom stereocenters. The fourth-order valence-corrected chi connectivity index (χ4v) is 3.11. The van der Waals surface area contributed by atoms with Crippen LogP contribution < -0.4 is 4.72 Å². The van der Waals surface area contributed by atoms with E-state index >= 15 is 0 Å². The average Bonchev–Trinajstić information content (AvgIpc) is 2.53. The lowest BCUT2D eigenvalue weighted by Crippen LogP contribution is -2.17. The molecule has 0 aromatic heterocycles. The van der Waals surface area contributed by atoms with Crippen LogP contribution in [-0.4, -0.2) is 8.42 Å². The molecular formula is C16H11F6NO2S. The molecule has 26 heavy (non-hydrogen) atoms. The zero-order chi connectivity index (χ0) is 19.8. The van der Waals surface area contributed by atoms with Crippen molar-refractivity contribution < 1.29 is 34.8 Å². The second-order valence-corrected chi connectivity index (χ2v) is 6.86. The first-order valence-corrected chi connectivity index (χ1v) is 8.36. The minimum Gasteiger partial charge on any atom is -0.280 e. The highest BCUT2D eigenvalue weighted by atomic mass is 32.2. The van der Waals surface area contributed by atoms with Gasteiger partial charge in [0, 0.05) is 5.69 Å². The standard InChI is InChI=1S/C16H11F6NO2S/c1-2-10-3-5-13(6-4-10)23-26(24,25)14-8-11(15(17,18)19)7-12(9-14)16(20,21)22/h2-9,23H,1H2. The maximum Gasteiger partial charge on any atom is 0.416 e. The number of alkyl halides is 6. The molecule has 140 valence electrons. The van der Waals surface area contributed by atoms with Crippen molar-refractivity contribution in [1.29, 1.82) is 0 Å². The molecule has 0 saturated heterocycles. The van der Waals surface area contributed by atoms with Crippen LogP contribution in [-0.2, 0) is 22.4 Å². The van der Waals surface area contributed by atoms with Crippen LogP contribution in [0, 0.1) is 0 Å². The number of nitrogens with one attached hydrogen (secondary N) is 1. The highest BCUT2D eigenvalue weighted by Crippen LogP contribution is 2.37. The van der Waals surface area contributed by atoms with Crippen LogP contribution in [0.25, 0.3) is 6.08 Å². The second kappa shape index (κ2) is 6.67. The average molecular weight is 395 g/mol. The molecule has 1 N–H and O–H groups in total. The van der Waals surface area contributed by atoms with Crippen molar-refractivity contribution in [2.24, 2.45) is 0 Å². The minimum absolute atomic E-state index is 0.0263. The Labute approximate surface area is 145 Å². The predicted molar refractivity (Wildman–Crippen MR) is 83.8 cm³/mol. The van der Waals surface area contributed by atoms with Crippen LogP contribution in [0.3, 0.4) is 0 Å². The summed E-state index contributed by atoms with van der Waals surface area (Å²) in [5, 5.41) is 0. The molecular weight excluding hydrogens is 384 g/mol. The third-order valence-electron chi connectivity index (χ3n) is 3.27. The van der Waals surface area contributed by atoms with Crippen LogP contribution in [0.1, 0.15) is 16.7 Å². The topological polar surface area (TPSA) is 46.2 Å². The second-order valence-electron chi connectivity index (χ2n) is 5.17. The van der Waals surface area contributed by atoms with Gasteiger partial charge < -0.3 is 0 Å². The number of hydrogen-bond donors (Lipinski definition) is 1. The first kappa shape index (κ1) is 19.8. The largest absolute Gasteiger partial charge is 0.416 e. The summed E-state index contributed by atoms with van der Waals surface area (Å²) < 4.78 is 103. The van der Waals surface area contributed by atoms with Crippen molar-refractivity contribution in [2.45, 2.75) is 17.2 Å². The van der Waals surface area contributed by atoms with Crippen molar-refractivity contribution in [2.75, 3.05) is 4.72 Å². The smallest absolute Gasteiger partial charge is 0.280 e. The van der Waals surface area contributed by atoms with E-state index in [0.717, 1.165) is 0 Å². The van der Waals surface area contributed by atoms with Crippen molar-refractivity contribution in [1.82, 2.24) is 0 Å². The van der Waals surface area contributed by atoms with E-state index in [0.29, 0.717) is 5.56 Å². The Hall–Kier alpha value is -2.49. The first-order valence-electron chi connectivity index (χ1n) is 6.88. The van der Waals surface area contributed by atoms with Gasteiger partial charge in [0.1, 0.15) is 0 Å². The van der Waals surface area contributed by atoms with E-state index in [4.69, 9.17) is 0 Å². The minimum atomic E-state index is -5.14. The maximum absolute atomic E-state index is 12.8. The lowest BCUT2D eigenvalue weighted by atomic mass is 10.1. The first-order chi connectivity index (χ1) is 11.8. The van der Waals surface area contributed by atoms with Crippen LogP contribution in [0.4, 0.5) is 32.0 Å². The van der Waals surface area contributed by atoms with Gasteiger partial charge in [0.05, 0.1) is 16.0 Å². The number of rotatable bonds is 4. The summed E-state index contributed by atoms with van der Waals surface area (Å²) in [4.78, 5) is -1.15. The van der Waals surface area contributed by atoms with E-state index in [2.05, 4.69) is 6.58 Å². The summed E-state index contributed by atoms with van der Waals surface area (Å²) in [6.07, 6.45) is -8.81. The number of benzene rings is 2. The zero-order valence-electron chi connectivity index (χ0n) is 12.8. The third-order valence-corrected chi connectivity index (χ3v) is 4.63. The van der Waals surface area contributed by atoms with Gasteiger partial charge in [0.2, 0.25) is 0 Å². The molecule has 0 aliphatic rings. The Balaban J connectivity index is 2.51. The summed E-state index contributed by atoms with van der Waals surface area (Å²) >= 11 is 0. The molecule has 0 radical (unpaired) electrons. The molecule has 0 amide bonds. The predicted octanol–water partition coefficient (Wildman–Crippen LogP) is 5.17. The van der Waals surface area contributed by atoms with Crippen LogP contribution in [0.2, 0.25) is 0 Å². The summed E-state index contributed by atoms with van der Waals surface area (Å²) in [5.74, 6) is 0. The van der Waals surface area contributed by atoms with Crippen molar-refractivity contribution in [3.8, 4) is 0 Å². The highest BCUT2D eigenvalue weighted by molar-refractivity contribution is 7.92. The van der Waals surface area contributed by atoms with Gasteiger partial charge in [-0.1, -0.05) is 24.8 Å². The van der Waals surface area contributed by atoms with Crippen LogP contribution in [0.15, 0.2) is 53.9 Å². The fourth-order valence-electron chi connectivity index (χ4n) is 1.98. The third kappa shape index (κ3) is 4.57. The molecule has 10 heteroatoms. The molecule has 3 nitrogen and oxygen atoms in total. The van der Waals surface area contributed by atoms with Crippen molar-refractivity contribution in [3.63, 3.8) is 0 Å². The van der Waals surface area contributed by atoms with E-state index in [1.165, 1.54) is 30.3 Å². The van der Waals surface area contributed by atoms with Crippen molar-refractivity contribution in [3.05, 3.63) is 65.7 Å². The molecule has 0 saturated carbocycles. The molecule has 0 aliphatic carbocycles. The molecule has 0 bridgehead atoms. The molecule has 0 fully saturated rings. The molecule has 2 aromatic carbocycles. The van der Waals surface area contributed by atoms with Gasteiger partial charge in [-0.3, -0.25) is 4.72 Å². The summed E-state index contributed by atoms with van der Waals surface area (Å²) in [5.41, 5.74) is -2.81. The zero-order valence-corrected chi connectivity index (χ0v) is 13.6. The van der Waals surface area contributed by atoms with Gasteiger partial charge in [-0.25, -0.2) is 8.42 Å². The Morgan fingerprint density at radius 1 is 0.846 bits per heavy atom. The number of hydrogen-bond acceptors (Lipinski definition) is 2. The molecule has 0 spiro atoms. The lowest BCUT2D eigenvalue weighted by molar-refractivity contribution is -0.143. The van der Waals surface area contributed by atoms with Gasteiger partial charge in [0.25, 0.3) is 10.0 Å². The Kier molecular flexibility index (Phi) is 5.09. The van der Waals surface area contributed by atoms with Gasteiger partial charge in [-0.2, -0.15) is 26.3 Å². The SMILES string of the molecule is C=Cc1ccc(NS(=O)(=O)c2cc(C(F)(F)F)cc(C(F)(F)F)c2)cc1. The molecule has 2 aromatic rings. The Bertz CT molecular complexity index is 883. The highest BCUT2D eigenvalue weighted by Gasteiger charge is 2.38. The molecule has 0 aliphatic heterocycles. The number of halogens is 6. The van der Waals surface area contributed by atoms with Crippen LogP contribution in [0.5, 0.6) is 0 Å². The fraction of sp³-hybridized carbons (Fsp3) is 0.125. The number of anilines is 1. The molecule has 0 unspecified atom stereocenters. The van der Waals surface area contributed by atoms with Gasteiger partial charge in [-0.15, -0.1) is 0 Å². The lowest BCUT2D eigenvalue weighted by Gasteiger charge is -2.15. The van der Waals surface area contributed by atoms with E-state index in [1.54, 1.807) is 0 Å². The molecule has 2 rings (SSSR count). The molecule has 0 heterocycles. The van der Waals surface area contributed by atoms with Gasteiger partial charge in [0.15, 0.2) is 0 Å². The van der Waals surface area contributed by atoms with E-state index in [1.807, 2.05) is 4.72 Å². The van der Waals surface area contributed by atoms with E-state index in [9.17, 15) is 34.8 Å². The Morgan fingerprint density at radius 2 is 1.31 bits per heavy atom. The summed E-state index contributed by atoms with van der Waals surface area (Å²) in [7, 11) is -4.67. The Morgan fingerprint density at radius 3 is 1.69 bits per heavy atom. The quantitative estimate of drug-likeness (QED) is 0.727. The van der Waals surface area contributed by atoms with Gasteiger partial charge >= 0.3 is 12.4 Å². The van der Waals surface area contributed by atoms with E-state index in [-0.39, 0.29) is 23.9 Å². The monoisotopic (exact) mass is 395 g/mol.